The van der Waals surface area contributed by atoms with Gasteiger partial charge in [0.15, 0.2) is 0 Å². The Balaban J connectivity index is 1.07. The predicted octanol–water partition coefficient (Wildman–Crippen LogP) is 18.8. The Bertz CT molecular complexity index is 3840. The van der Waals surface area contributed by atoms with E-state index in [0.717, 1.165) is 17.1 Å². The highest BCUT2D eigenvalue weighted by Crippen LogP contribution is 2.65. The van der Waals surface area contributed by atoms with Crippen molar-refractivity contribution in [1.29, 1.82) is 0 Å². The molecule has 1 spiro atoms. The Morgan fingerprint density at radius 3 is 1.03 bits per heavy atom. The number of fused-ring (bicyclic) bond motifs is 16. The van der Waals surface area contributed by atoms with Crippen molar-refractivity contribution in [3.05, 3.63) is 291 Å². The van der Waals surface area contributed by atoms with E-state index in [9.17, 15) is 0 Å². The third-order valence-corrected chi connectivity index (χ3v) is 17.7. The van der Waals surface area contributed by atoms with Gasteiger partial charge < -0.3 is 4.90 Å². The fourth-order valence-corrected chi connectivity index (χ4v) is 14.1. The number of rotatable bonds is 5. The van der Waals surface area contributed by atoms with Crippen molar-refractivity contribution in [2.24, 2.45) is 0 Å². The lowest BCUT2D eigenvalue weighted by atomic mass is 9.67. The summed E-state index contributed by atoms with van der Waals surface area (Å²) in [6, 6.07) is 86.6. The van der Waals surface area contributed by atoms with Gasteiger partial charge in [-0.3, -0.25) is 0 Å². The summed E-state index contributed by atoms with van der Waals surface area (Å²) in [5.41, 5.74) is 28.5. The highest BCUT2D eigenvalue weighted by molar-refractivity contribution is 5.98. The Morgan fingerprint density at radius 1 is 0.270 bits per heavy atom. The SMILES string of the molecule is CC(C)(C)c1ccc2c(c1)C1(c3ccccc3-c3ccc(N(c4ccc5c(c4)C(C)(C)c4ccccc4-5)c4ccc5c(c4)C(c4ccccc4)(c4ccccc4)c4ccccc4-5)cc31)c1cc(C(C)(C)C)ccc1-2. The Kier molecular flexibility index (Phi) is 9.37. The van der Waals surface area contributed by atoms with Gasteiger partial charge in [0, 0.05) is 22.5 Å². The zero-order valence-corrected chi connectivity index (χ0v) is 43.8. The van der Waals surface area contributed by atoms with Gasteiger partial charge in [-0.05, 0) is 158 Å². The van der Waals surface area contributed by atoms with Crippen molar-refractivity contribution in [2.45, 2.75) is 82.5 Å². The lowest BCUT2D eigenvalue weighted by Crippen LogP contribution is -2.29. The van der Waals surface area contributed by atoms with Crippen LogP contribution in [0.25, 0.3) is 44.5 Å². The van der Waals surface area contributed by atoms with Gasteiger partial charge in [0.05, 0.1) is 10.8 Å². The Labute approximate surface area is 437 Å². The summed E-state index contributed by atoms with van der Waals surface area (Å²) in [4.78, 5) is 2.58. The van der Waals surface area contributed by atoms with Crippen LogP contribution in [0, 0.1) is 0 Å². The number of anilines is 3. The molecule has 4 aliphatic carbocycles. The summed E-state index contributed by atoms with van der Waals surface area (Å²) in [6.07, 6.45) is 0. The van der Waals surface area contributed by atoms with Crippen LogP contribution in [-0.4, -0.2) is 0 Å². The monoisotopic (exact) mass is 951 g/mol. The fourth-order valence-electron chi connectivity index (χ4n) is 14.1. The molecule has 74 heavy (non-hydrogen) atoms. The van der Waals surface area contributed by atoms with Crippen LogP contribution in [0.15, 0.2) is 224 Å². The molecule has 0 fully saturated rings. The van der Waals surface area contributed by atoms with Crippen molar-refractivity contribution in [1.82, 2.24) is 0 Å². The molecular weight excluding hydrogens is 891 g/mol. The third kappa shape index (κ3) is 5.99. The average Bonchev–Trinajstić information content (AvgIpc) is 4.10. The van der Waals surface area contributed by atoms with Crippen LogP contribution in [-0.2, 0) is 27.1 Å². The minimum Gasteiger partial charge on any atom is -0.310 e. The summed E-state index contributed by atoms with van der Waals surface area (Å²) < 4.78 is 0. The molecule has 0 bridgehead atoms. The molecule has 10 aromatic rings. The molecule has 0 heterocycles. The quantitative estimate of drug-likeness (QED) is 0.166. The zero-order valence-electron chi connectivity index (χ0n) is 43.8. The van der Waals surface area contributed by atoms with Crippen LogP contribution in [0.1, 0.15) is 122 Å². The van der Waals surface area contributed by atoms with Gasteiger partial charge in [0.25, 0.3) is 0 Å². The van der Waals surface area contributed by atoms with E-state index in [1.807, 2.05) is 0 Å². The molecule has 0 radical (unpaired) electrons. The van der Waals surface area contributed by atoms with Crippen LogP contribution in [0.2, 0.25) is 0 Å². The van der Waals surface area contributed by atoms with Gasteiger partial charge >= 0.3 is 0 Å². The highest BCUT2D eigenvalue weighted by atomic mass is 15.1. The van der Waals surface area contributed by atoms with Crippen molar-refractivity contribution in [3.63, 3.8) is 0 Å². The van der Waals surface area contributed by atoms with E-state index in [1.54, 1.807) is 0 Å². The van der Waals surface area contributed by atoms with Crippen LogP contribution < -0.4 is 4.90 Å². The lowest BCUT2D eigenvalue weighted by molar-refractivity contribution is 0.586. The number of hydrogen-bond acceptors (Lipinski definition) is 1. The summed E-state index contributed by atoms with van der Waals surface area (Å²) in [5.74, 6) is 0. The first-order valence-corrected chi connectivity index (χ1v) is 26.7. The van der Waals surface area contributed by atoms with Gasteiger partial charge in [0.2, 0.25) is 0 Å². The average molecular weight is 952 g/mol. The zero-order chi connectivity index (χ0) is 50.5. The Morgan fingerprint density at radius 2 is 0.581 bits per heavy atom. The van der Waals surface area contributed by atoms with Crippen molar-refractivity contribution in [3.8, 4) is 44.5 Å². The number of nitrogens with zero attached hydrogens (tertiary/aromatic N) is 1. The second kappa shape index (κ2) is 15.5. The molecule has 0 aliphatic heterocycles. The van der Waals surface area contributed by atoms with E-state index < -0.39 is 10.8 Å². The lowest BCUT2D eigenvalue weighted by Gasteiger charge is -2.35. The molecule has 1 nitrogen and oxygen atoms in total. The molecule has 4 aliphatic rings. The van der Waals surface area contributed by atoms with Crippen LogP contribution in [0.5, 0.6) is 0 Å². The standard InChI is InChI=1S/C73H61N/c1-69(2,3)48-31-36-57-58-37-32-49(70(4,5)6)42-66(58)73(65(57)41-48)63-30-20-17-27-55(63)60-40-35-52(45-68(60)73)74(50-33-38-56-53-25-15-18-28-61(53)71(7,8)64(56)43-50)51-34-39-59-54-26-16-19-29-62(54)72(67(59)44-51,46-21-11-9-12-22-46)47-23-13-10-14-24-47/h9-45H,1-8H3. The molecule has 358 valence electrons. The summed E-state index contributed by atoms with van der Waals surface area (Å²) in [6.45, 7) is 18.9. The van der Waals surface area contributed by atoms with E-state index in [1.165, 1.54) is 111 Å². The van der Waals surface area contributed by atoms with E-state index in [-0.39, 0.29) is 16.2 Å². The second-order valence-corrected chi connectivity index (χ2v) is 24.0. The van der Waals surface area contributed by atoms with E-state index in [0.29, 0.717) is 0 Å². The third-order valence-electron chi connectivity index (χ3n) is 17.7. The largest absolute Gasteiger partial charge is 0.310 e. The minimum atomic E-state index is -0.547. The summed E-state index contributed by atoms with van der Waals surface area (Å²) >= 11 is 0. The van der Waals surface area contributed by atoms with Gasteiger partial charge in [-0.15, -0.1) is 0 Å². The van der Waals surface area contributed by atoms with E-state index >= 15 is 0 Å². The molecular formula is C73H61N. The Hall–Kier alpha value is -8.00. The molecule has 0 saturated carbocycles. The molecule has 0 saturated heterocycles. The molecule has 0 atom stereocenters. The van der Waals surface area contributed by atoms with Crippen molar-refractivity contribution in [2.75, 3.05) is 4.90 Å². The molecule has 0 aromatic heterocycles. The van der Waals surface area contributed by atoms with Gasteiger partial charge in [0.1, 0.15) is 0 Å². The van der Waals surface area contributed by atoms with Crippen molar-refractivity contribution >= 4 is 17.1 Å². The maximum absolute atomic E-state index is 2.58. The highest BCUT2D eigenvalue weighted by Gasteiger charge is 2.53. The van der Waals surface area contributed by atoms with Gasteiger partial charge in [-0.2, -0.15) is 0 Å². The fraction of sp³-hybridized carbons (Fsp3) is 0.178. The maximum Gasteiger partial charge on any atom is 0.0726 e. The topological polar surface area (TPSA) is 3.24 Å². The van der Waals surface area contributed by atoms with E-state index in [4.69, 9.17) is 0 Å². The first kappa shape index (κ1) is 44.7. The maximum atomic E-state index is 2.58. The summed E-state index contributed by atoms with van der Waals surface area (Å²) in [5, 5.41) is 0. The normalized spacial score (nSPS) is 15.4. The molecule has 0 amide bonds. The molecule has 0 unspecified atom stereocenters. The molecule has 1 heteroatoms. The number of benzene rings is 10. The smallest absolute Gasteiger partial charge is 0.0726 e. The number of hydrogen-bond donors (Lipinski definition) is 0. The van der Waals surface area contributed by atoms with Gasteiger partial charge in [-0.1, -0.05) is 243 Å². The van der Waals surface area contributed by atoms with Crippen LogP contribution in [0.3, 0.4) is 0 Å². The van der Waals surface area contributed by atoms with Crippen molar-refractivity contribution < 1.29 is 0 Å². The first-order valence-electron chi connectivity index (χ1n) is 26.7. The molecule has 0 N–H and O–H groups in total. The first-order chi connectivity index (χ1) is 35.7. The van der Waals surface area contributed by atoms with E-state index in [2.05, 4.69) is 285 Å². The van der Waals surface area contributed by atoms with Gasteiger partial charge in [-0.25, -0.2) is 0 Å². The second-order valence-electron chi connectivity index (χ2n) is 24.0. The minimum absolute atomic E-state index is 0.0376. The summed E-state index contributed by atoms with van der Waals surface area (Å²) in [7, 11) is 0. The van der Waals surface area contributed by atoms with Crippen LogP contribution >= 0.6 is 0 Å². The molecule has 14 rings (SSSR count). The van der Waals surface area contributed by atoms with Crippen LogP contribution in [0.4, 0.5) is 17.1 Å². The predicted molar refractivity (Wildman–Crippen MR) is 310 cm³/mol. The molecule has 10 aromatic carbocycles.